The molecule has 0 saturated carbocycles. The smallest absolute Gasteiger partial charge is 0.169 e. The lowest BCUT2D eigenvalue weighted by Gasteiger charge is -2.07. The highest BCUT2D eigenvalue weighted by Gasteiger charge is 2.13. The molecule has 0 aromatic carbocycles. The lowest BCUT2D eigenvalue weighted by atomic mass is 9.95. The highest BCUT2D eigenvalue weighted by Crippen LogP contribution is 2.13. The van der Waals surface area contributed by atoms with Crippen LogP contribution >= 0.6 is 0 Å². The average molecular weight is 286 g/mol. The SMILES string of the molecule is CC(=C=CC(C)(C)C=[NH+]Cc1ccoc1)CCC=C(C)C. The second kappa shape index (κ2) is 8.49. The Hall–Kier alpha value is -1.79. The summed E-state index contributed by atoms with van der Waals surface area (Å²) >= 11 is 0. The van der Waals surface area contributed by atoms with Crippen molar-refractivity contribution in [2.24, 2.45) is 5.41 Å². The minimum atomic E-state index is -0.0263. The molecular formula is C19H28NO+. The van der Waals surface area contributed by atoms with Gasteiger partial charge in [0.05, 0.1) is 23.5 Å². The molecule has 1 heterocycles. The summed E-state index contributed by atoms with van der Waals surface area (Å²) in [5.41, 5.74) is 7.21. The summed E-state index contributed by atoms with van der Waals surface area (Å²) < 4.78 is 5.05. The van der Waals surface area contributed by atoms with Crippen LogP contribution in [0.15, 0.2) is 52.0 Å². The van der Waals surface area contributed by atoms with Gasteiger partial charge in [0, 0.05) is 0 Å². The standard InChI is InChI=1S/C19H27NO/c1-16(2)7-6-8-17(3)9-11-19(4,5)15-20-13-18-10-12-21-14-18/h7,10-12,14-15H,6,8,13H2,1-5H3/p+1. The predicted molar refractivity (Wildman–Crippen MR) is 89.2 cm³/mol. The van der Waals surface area contributed by atoms with E-state index < -0.39 is 0 Å². The first-order valence-corrected chi connectivity index (χ1v) is 7.54. The molecule has 0 radical (unpaired) electrons. The molecular weight excluding hydrogens is 258 g/mol. The average Bonchev–Trinajstić information content (AvgIpc) is 2.89. The van der Waals surface area contributed by atoms with Crippen LogP contribution in [0.1, 0.15) is 53.0 Å². The van der Waals surface area contributed by atoms with Crippen molar-refractivity contribution in [3.63, 3.8) is 0 Å². The van der Waals surface area contributed by atoms with Crippen LogP contribution in [0.5, 0.6) is 0 Å². The van der Waals surface area contributed by atoms with Crippen LogP contribution in [-0.4, -0.2) is 6.21 Å². The van der Waals surface area contributed by atoms with E-state index in [4.69, 9.17) is 4.42 Å². The summed E-state index contributed by atoms with van der Waals surface area (Å²) in [5, 5.41) is 0. The van der Waals surface area contributed by atoms with E-state index in [9.17, 15) is 0 Å². The van der Waals surface area contributed by atoms with E-state index in [0.29, 0.717) is 0 Å². The molecule has 1 aromatic rings. The van der Waals surface area contributed by atoms with E-state index in [1.165, 1.54) is 11.1 Å². The van der Waals surface area contributed by atoms with E-state index in [-0.39, 0.29) is 5.41 Å². The predicted octanol–water partition coefficient (Wildman–Crippen LogP) is 3.81. The fourth-order valence-electron chi connectivity index (χ4n) is 1.83. The van der Waals surface area contributed by atoms with Gasteiger partial charge in [0.2, 0.25) is 0 Å². The highest BCUT2D eigenvalue weighted by atomic mass is 16.3. The normalized spacial score (nSPS) is 11.3. The van der Waals surface area contributed by atoms with Crippen LogP contribution in [0.2, 0.25) is 0 Å². The largest absolute Gasteiger partial charge is 0.472 e. The second-order valence-corrected chi connectivity index (χ2v) is 6.37. The van der Waals surface area contributed by atoms with E-state index >= 15 is 0 Å². The molecule has 1 N–H and O–H groups in total. The van der Waals surface area contributed by atoms with Crippen molar-refractivity contribution in [2.45, 2.75) is 54.0 Å². The van der Waals surface area contributed by atoms with Gasteiger partial charge in [0.1, 0.15) is 6.21 Å². The number of rotatable bonds is 7. The topological polar surface area (TPSA) is 27.1 Å². The summed E-state index contributed by atoms with van der Waals surface area (Å²) in [7, 11) is 0. The van der Waals surface area contributed by atoms with Crippen LogP contribution in [0, 0.1) is 5.41 Å². The maximum Gasteiger partial charge on any atom is 0.169 e. The van der Waals surface area contributed by atoms with Gasteiger partial charge in [-0.25, -0.2) is 4.99 Å². The minimum Gasteiger partial charge on any atom is -0.472 e. The van der Waals surface area contributed by atoms with E-state index in [1.54, 1.807) is 12.5 Å². The van der Waals surface area contributed by atoms with E-state index in [0.717, 1.165) is 24.9 Å². The molecule has 2 nitrogen and oxygen atoms in total. The molecule has 114 valence electrons. The third kappa shape index (κ3) is 8.16. The first kappa shape index (κ1) is 17.3. The van der Waals surface area contributed by atoms with E-state index in [1.807, 2.05) is 6.07 Å². The summed E-state index contributed by atoms with van der Waals surface area (Å²) in [5.74, 6) is 0. The first-order chi connectivity index (χ1) is 9.89. The van der Waals surface area contributed by atoms with Crippen molar-refractivity contribution in [1.82, 2.24) is 0 Å². The van der Waals surface area contributed by atoms with Gasteiger partial charge in [-0.05, 0) is 65.2 Å². The zero-order chi connectivity index (χ0) is 15.7. The van der Waals surface area contributed by atoms with Crippen LogP contribution in [0.4, 0.5) is 0 Å². The molecule has 0 fully saturated rings. The van der Waals surface area contributed by atoms with Crippen molar-refractivity contribution < 1.29 is 9.41 Å². The van der Waals surface area contributed by atoms with Gasteiger partial charge >= 0.3 is 0 Å². The van der Waals surface area contributed by atoms with E-state index in [2.05, 4.69) is 63.7 Å². The summed E-state index contributed by atoms with van der Waals surface area (Å²) in [6, 6.07) is 1.97. The molecule has 0 aliphatic heterocycles. The number of hydrogen-bond donors (Lipinski definition) is 1. The Bertz CT molecular complexity index is 534. The van der Waals surface area contributed by atoms with Crippen molar-refractivity contribution >= 4 is 6.21 Å². The lowest BCUT2D eigenvalue weighted by Crippen LogP contribution is -2.68. The molecule has 1 rings (SSSR count). The van der Waals surface area contributed by atoms with Gasteiger partial charge in [-0.15, -0.1) is 5.73 Å². The minimum absolute atomic E-state index is 0.0263. The Morgan fingerprint density at radius 1 is 1.33 bits per heavy atom. The molecule has 0 saturated heterocycles. The van der Waals surface area contributed by atoms with Gasteiger partial charge in [-0.1, -0.05) is 11.6 Å². The number of nitrogens with one attached hydrogen (secondary N) is 1. The van der Waals surface area contributed by atoms with Crippen molar-refractivity contribution in [3.05, 3.63) is 53.2 Å². The van der Waals surface area contributed by atoms with Gasteiger partial charge in [0.15, 0.2) is 6.54 Å². The zero-order valence-corrected chi connectivity index (χ0v) is 14.0. The third-order valence-electron chi connectivity index (χ3n) is 3.12. The summed E-state index contributed by atoms with van der Waals surface area (Å²) in [4.78, 5) is 3.33. The van der Waals surface area contributed by atoms with Gasteiger partial charge in [-0.2, -0.15) is 0 Å². The van der Waals surface area contributed by atoms with Crippen LogP contribution in [0.3, 0.4) is 0 Å². The Balaban J connectivity index is 2.54. The fourth-order valence-corrected chi connectivity index (χ4v) is 1.83. The molecule has 2 heteroatoms. The first-order valence-electron chi connectivity index (χ1n) is 7.54. The third-order valence-corrected chi connectivity index (χ3v) is 3.12. The Morgan fingerprint density at radius 3 is 2.71 bits per heavy atom. The second-order valence-electron chi connectivity index (χ2n) is 6.37. The maximum atomic E-state index is 5.05. The molecule has 21 heavy (non-hydrogen) atoms. The lowest BCUT2D eigenvalue weighted by molar-refractivity contribution is -0.473. The molecule has 0 bridgehead atoms. The number of allylic oxidation sites excluding steroid dienone is 3. The maximum absolute atomic E-state index is 5.05. The molecule has 1 aromatic heterocycles. The molecule has 0 spiro atoms. The number of furan rings is 1. The molecule has 0 amide bonds. The fraction of sp³-hybridized carbons (Fsp3) is 0.474. The Kier molecular flexibility index (Phi) is 6.98. The summed E-state index contributed by atoms with van der Waals surface area (Å²) in [6.07, 6.45) is 12.1. The quantitative estimate of drug-likeness (QED) is 0.461. The molecule has 0 unspecified atom stereocenters. The van der Waals surface area contributed by atoms with Gasteiger partial charge in [-0.3, -0.25) is 0 Å². The van der Waals surface area contributed by atoms with Crippen molar-refractivity contribution in [1.29, 1.82) is 0 Å². The molecule has 0 atom stereocenters. The number of hydrogen-bond acceptors (Lipinski definition) is 1. The van der Waals surface area contributed by atoms with Gasteiger partial charge in [0.25, 0.3) is 0 Å². The van der Waals surface area contributed by atoms with Crippen LogP contribution in [-0.2, 0) is 6.54 Å². The Morgan fingerprint density at radius 2 is 2.10 bits per heavy atom. The zero-order valence-electron chi connectivity index (χ0n) is 14.0. The van der Waals surface area contributed by atoms with Crippen LogP contribution in [0.25, 0.3) is 0 Å². The summed E-state index contributed by atoms with van der Waals surface area (Å²) in [6.45, 7) is 11.6. The molecule has 0 aliphatic carbocycles. The Labute approximate surface area is 129 Å². The van der Waals surface area contributed by atoms with Crippen LogP contribution < -0.4 is 4.99 Å². The van der Waals surface area contributed by atoms with Gasteiger partial charge < -0.3 is 4.42 Å². The monoisotopic (exact) mass is 286 g/mol. The van der Waals surface area contributed by atoms with Crippen molar-refractivity contribution in [2.75, 3.05) is 0 Å². The molecule has 0 aliphatic rings. The highest BCUT2D eigenvalue weighted by molar-refractivity contribution is 5.61. The van der Waals surface area contributed by atoms with Crippen molar-refractivity contribution in [3.8, 4) is 0 Å².